The summed E-state index contributed by atoms with van der Waals surface area (Å²) >= 11 is 1.69. The highest BCUT2D eigenvalue weighted by molar-refractivity contribution is 14.0. The van der Waals surface area contributed by atoms with E-state index in [4.69, 9.17) is 5.73 Å². The number of aromatic nitrogens is 1. The summed E-state index contributed by atoms with van der Waals surface area (Å²) in [5, 5.41) is 3.11. The van der Waals surface area contributed by atoms with Crippen LogP contribution in [0.15, 0.2) is 40.8 Å². The zero-order chi connectivity index (χ0) is 19.1. The van der Waals surface area contributed by atoms with Gasteiger partial charge in [-0.3, -0.25) is 4.90 Å². The lowest BCUT2D eigenvalue weighted by molar-refractivity contribution is 0.296. The standard InChI is InChI=1S/C20H30N6S.HI/c1-3-24(4-2)16-18-7-5-6-17(14-18)15-23-19(21)25-9-11-26(12-10-25)20-22-8-13-27-20;/h5-8,13-14H,3-4,9-12,15-16H2,1-2H3,(H2,21,23);1H. The average Bonchev–Trinajstić information content (AvgIpc) is 3.25. The van der Waals surface area contributed by atoms with Crippen molar-refractivity contribution < 1.29 is 0 Å². The van der Waals surface area contributed by atoms with Crippen molar-refractivity contribution in [3.8, 4) is 0 Å². The Morgan fingerprint density at radius 1 is 1.18 bits per heavy atom. The topological polar surface area (TPSA) is 61.0 Å². The van der Waals surface area contributed by atoms with Gasteiger partial charge in [0.1, 0.15) is 0 Å². The lowest BCUT2D eigenvalue weighted by Crippen LogP contribution is -2.51. The van der Waals surface area contributed by atoms with Gasteiger partial charge in [-0.1, -0.05) is 38.1 Å². The van der Waals surface area contributed by atoms with Crippen LogP contribution in [0.4, 0.5) is 5.13 Å². The number of thiazole rings is 1. The average molecular weight is 514 g/mol. The van der Waals surface area contributed by atoms with Gasteiger partial charge in [-0.2, -0.15) is 0 Å². The second kappa shape index (κ2) is 11.6. The molecule has 1 aliphatic rings. The van der Waals surface area contributed by atoms with Gasteiger partial charge in [0.2, 0.25) is 0 Å². The second-order valence-electron chi connectivity index (χ2n) is 6.74. The molecule has 0 aliphatic carbocycles. The molecule has 6 nitrogen and oxygen atoms in total. The number of aliphatic imine (C=N–C) groups is 1. The Morgan fingerprint density at radius 2 is 1.89 bits per heavy atom. The fourth-order valence-electron chi connectivity index (χ4n) is 3.30. The Morgan fingerprint density at radius 3 is 2.54 bits per heavy atom. The van der Waals surface area contributed by atoms with E-state index in [-0.39, 0.29) is 24.0 Å². The molecule has 0 amide bonds. The molecule has 2 heterocycles. The summed E-state index contributed by atoms with van der Waals surface area (Å²) in [6.45, 7) is 11.8. The first-order valence-corrected chi connectivity index (χ1v) is 10.6. The third-order valence-electron chi connectivity index (χ3n) is 5.01. The van der Waals surface area contributed by atoms with E-state index >= 15 is 0 Å². The van der Waals surface area contributed by atoms with Crippen molar-refractivity contribution in [1.82, 2.24) is 14.8 Å². The van der Waals surface area contributed by atoms with E-state index in [1.165, 1.54) is 11.1 Å². The highest BCUT2D eigenvalue weighted by Gasteiger charge is 2.19. The molecule has 28 heavy (non-hydrogen) atoms. The van der Waals surface area contributed by atoms with Crippen LogP contribution in [0.3, 0.4) is 0 Å². The van der Waals surface area contributed by atoms with Gasteiger partial charge in [0.25, 0.3) is 0 Å². The lowest BCUT2D eigenvalue weighted by atomic mass is 10.1. The number of hydrogen-bond acceptors (Lipinski definition) is 5. The lowest BCUT2D eigenvalue weighted by Gasteiger charge is -2.35. The van der Waals surface area contributed by atoms with Crippen LogP contribution in [-0.4, -0.2) is 60.0 Å². The smallest absolute Gasteiger partial charge is 0.191 e. The van der Waals surface area contributed by atoms with Crippen molar-refractivity contribution in [2.75, 3.05) is 44.2 Å². The monoisotopic (exact) mass is 514 g/mol. The van der Waals surface area contributed by atoms with Crippen molar-refractivity contribution in [3.63, 3.8) is 0 Å². The summed E-state index contributed by atoms with van der Waals surface area (Å²) in [5.41, 5.74) is 8.81. The van der Waals surface area contributed by atoms with Crippen molar-refractivity contribution in [1.29, 1.82) is 0 Å². The van der Waals surface area contributed by atoms with Crippen LogP contribution in [0.5, 0.6) is 0 Å². The fourth-order valence-corrected chi connectivity index (χ4v) is 4.00. The molecule has 0 atom stereocenters. The summed E-state index contributed by atoms with van der Waals surface area (Å²) in [6, 6.07) is 8.68. The van der Waals surface area contributed by atoms with Gasteiger partial charge in [-0.05, 0) is 24.2 Å². The number of halogens is 1. The minimum Gasteiger partial charge on any atom is -0.370 e. The van der Waals surface area contributed by atoms with Gasteiger partial charge in [0, 0.05) is 44.3 Å². The summed E-state index contributed by atoms with van der Waals surface area (Å²) in [5.74, 6) is 0.642. The molecule has 2 aromatic rings. The number of guanidine groups is 1. The van der Waals surface area contributed by atoms with E-state index < -0.39 is 0 Å². The Labute approximate surface area is 189 Å². The quantitative estimate of drug-likeness (QED) is 0.349. The number of nitrogens with two attached hydrogens (primary N) is 1. The molecule has 154 valence electrons. The molecule has 8 heteroatoms. The minimum atomic E-state index is 0. The van der Waals surface area contributed by atoms with Crippen molar-refractivity contribution in [3.05, 3.63) is 47.0 Å². The highest BCUT2D eigenvalue weighted by atomic mass is 127. The molecule has 2 N–H and O–H groups in total. The van der Waals surface area contributed by atoms with E-state index in [0.717, 1.165) is 50.9 Å². The van der Waals surface area contributed by atoms with E-state index in [1.54, 1.807) is 11.3 Å². The Balaban J connectivity index is 0.00000280. The number of nitrogens with zero attached hydrogens (tertiary/aromatic N) is 5. The number of piperazine rings is 1. The highest BCUT2D eigenvalue weighted by Crippen LogP contribution is 2.18. The summed E-state index contributed by atoms with van der Waals surface area (Å²) in [7, 11) is 0. The minimum absolute atomic E-state index is 0. The molecule has 1 saturated heterocycles. The van der Waals surface area contributed by atoms with Crippen LogP contribution in [0.25, 0.3) is 0 Å². The van der Waals surface area contributed by atoms with Crippen LogP contribution in [-0.2, 0) is 13.1 Å². The van der Waals surface area contributed by atoms with Crippen LogP contribution in [0, 0.1) is 0 Å². The molecule has 1 aliphatic heterocycles. The normalized spacial score (nSPS) is 15.0. The Kier molecular flexibility index (Phi) is 9.46. The maximum Gasteiger partial charge on any atom is 0.191 e. The second-order valence-corrected chi connectivity index (χ2v) is 7.62. The van der Waals surface area contributed by atoms with E-state index in [1.807, 2.05) is 11.6 Å². The number of hydrogen-bond donors (Lipinski definition) is 1. The maximum atomic E-state index is 6.26. The third kappa shape index (κ3) is 6.31. The third-order valence-corrected chi connectivity index (χ3v) is 5.84. The summed E-state index contributed by atoms with van der Waals surface area (Å²) < 4.78 is 0. The first-order chi connectivity index (χ1) is 13.2. The number of rotatable bonds is 7. The Bertz CT molecular complexity index is 724. The van der Waals surface area contributed by atoms with Crippen molar-refractivity contribution in [2.45, 2.75) is 26.9 Å². The SMILES string of the molecule is CCN(CC)Cc1cccc(CN=C(N)N2CCN(c3nccs3)CC2)c1.I. The Hall–Kier alpha value is -1.39. The van der Waals surface area contributed by atoms with Crippen LogP contribution in [0.1, 0.15) is 25.0 Å². The first-order valence-electron chi connectivity index (χ1n) is 9.69. The van der Waals surface area contributed by atoms with Crippen LogP contribution < -0.4 is 10.6 Å². The summed E-state index contributed by atoms with van der Waals surface area (Å²) in [4.78, 5) is 15.9. The molecule has 0 radical (unpaired) electrons. The molecule has 3 rings (SSSR count). The largest absolute Gasteiger partial charge is 0.370 e. The first kappa shape index (κ1) is 22.9. The van der Waals surface area contributed by atoms with Crippen molar-refractivity contribution in [2.24, 2.45) is 10.7 Å². The number of anilines is 1. The van der Waals surface area contributed by atoms with E-state index in [2.05, 4.69) is 62.8 Å². The molecule has 0 spiro atoms. The predicted octanol–water partition coefficient (Wildman–Crippen LogP) is 3.24. The molecule has 0 saturated carbocycles. The number of benzene rings is 1. The molecular weight excluding hydrogens is 483 g/mol. The fraction of sp³-hybridized carbons (Fsp3) is 0.500. The molecule has 1 aromatic heterocycles. The van der Waals surface area contributed by atoms with E-state index in [0.29, 0.717) is 12.5 Å². The zero-order valence-corrected chi connectivity index (χ0v) is 19.9. The van der Waals surface area contributed by atoms with Crippen molar-refractivity contribution >= 4 is 46.4 Å². The van der Waals surface area contributed by atoms with E-state index in [9.17, 15) is 0 Å². The molecule has 1 fully saturated rings. The maximum absolute atomic E-state index is 6.26. The molecule has 0 unspecified atom stereocenters. The van der Waals surface area contributed by atoms with Crippen LogP contribution in [0.2, 0.25) is 0 Å². The van der Waals surface area contributed by atoms with Gasteiger partial charge in [0.15, 0.2) is 11.1 Å². The molecule has 1 aromatic carbocycles. The molecule has 0 bridgehead atoms. The zero-order valence-electron chi connectivity index (χ0n) is 16.8. The van der Waals surface area contributed by atoms with Gasteiger partial charge in [0.05, 0.1) is 6.54 Å². The van der Waals surface area contributed by atoms with Gasteiger partial charge in [-0.25, -0.2) is 9.98 Å². The van der Waals surface area contributed by atoms with Gasteiger partial charge in [-0.15, -0.1) is 35.3 Å². The predicted molar refractivity (Wildman–Crippen MR) is 130 cm³/mol. The molecular formula is C20H31IN6S. The van der Waals surface area contributed by atoms with Crippen LogP contribution >= 0.6 is 35.3 Å². The summed E-state index contributed by atoms with van der Waals surface area (Å²) in [6.07, 6.45) is 1.86. The van der Waals surface area contributed by atoms with Gasteiger partial charge >= 0.3 is 0 Å². The van der Waals surface area contributed by atoms with Gasteiger partial charge < -0.3 is 15.5 Å².